The summed E-state index contributed by atoms with van der Waals surface area (Å²) in [6.07, 6.45) is 10.5. The molecule has 3 saturated heterocycles. The van der Waals surface area contributed by atoms with Crippen LogP contribution in [0, 0.1) is 52.8 Å². The quantitative estimate of drug-likeness (QED) is 0.153. The molecule has 5 heterocycles. The van der Waals surface area contributed by atoms with Gasteiger partial charge in [-0.15, -0.1) is 0 Å². The summed E-state index contributed by atoms with van der Waals surface area (Å²) < 4.78 is 12.9. The van der Waals surface area contributed by atoms with Crippen molar-refractivity contribution in [3.63, 3.8) is 0 Å². The van der Waals surface area contributed by atoms with Gasteiger partial charge in [0.1, 0.15) is 40.4 Å². The number of aliphatic hydroxyl groups is 6. The van der Waals surface area contributed by atoms with Crippen molar-refractivity contribution in [2.45, 2.75) is 124 Å². The molecule has 9 bridgehead atoms. The number of Topliss-reactive ketones (excluding diaryl/α,β-unsaturated/α-hetero) is 2. The molecule has 0 aromatic heterocycles. The number of carbonyl (C=O) groups excluding carboxylic acids is 2. The highest BCUT2D eigenvalue weighted by Gasteiger charge is 2.69. The van der Waals surface area contributed by atoms with Gasteiger partial charge >= 0.3 is 0 Å². The maximum atomic E-state index is 15.4. The minimum Gasteiger partial charge on any atom is -0.511 e. The van der Waals surface area contributed by atoms with E-state index in [1.807, 2.05) is 6.08 Å². The molecule has 17 atom stereocenters. The molecule has 14 heteroatoms. The van der Waals surface area contributed by atoms with Gasteiger partial charge in [0, 0.05) is 24.2 Å². The first-order valence-electron chi connectivity index (χ1n) is 20.8. The summed E-state index contributed by atoms with van der Waals surface area (Å²) in [7, 11) is 3.06. The van der Waals surface area contributed by atoms with Crippen LogP contribution in [0.2, 0.25) is 0 Å². The van der Waals surface area contributed by atoms with E-state index in [1.54, 1.807) is 16.9 Å². The number of hydrogen-bond donors (Lipinski definition) is 8. The summed E-state index contributed by atoms with van der Waals surface area (Å²) in [5.74, 6) is -2.41. The van der Waals surface area contributed by atoms with E-state index in [-0.39, 0.29) is 65.4 Å². The molecule has 12 nitrogen and oxygen atoms in total. The number of hydrogen-bond acceptors (Lipinski definition) is 14. The van der Waals surface area contributed by atoms with E-state index in [9.17, 15) is 35.4 Å². The number of piperidine rings is 1. The summed E-state index contributed by atoms with van der Waals surface area (Å²) in [6, 6.07) is 0. The fourth-order valence-corrected chi connectivity index (χ4v) is 15.3. The molecule has 1 spiro atoms. The van der Waals surface area contributed by atoms with Crippen LogP contribution >= 0.6 is 21.6 Å². The van der Waals surface area contributed by atoms with Crippen LogP contribution in [-0.2, 0) is 19.1 Å². The molecule has 0 aromatic rings. The molecule has 5 aliphatic carbocycles. The van der Waals surface area contributed by atoms with E-state index < -0.39 is 71.5 Å². The second-order valence-electron chi connectivity index (χ2n) is 18.3. The van der Waals surface area contributed by atoms with Gasteiger partial charge in [0.2, 0.25) is 0 Å². The van der Waals surface area contributed by atoms with Crippen LogP contribution in [0.15, 0.2) is 35.6 Å². The van der Waals surface area contributed by atoms with E-state index in [0.717, 1.165) is 44.2 Å². The number of nitrogens with one attached hydrogen (secondary N) is 2. The zero-order valence-electron chi connectivity index (χ0n) is 31.3. The van der Waals surface area contributed by atoms with Crippen molar-refractivity contribution in [2.75, 3.05) is 25.5 Å². The first-order valence-corrected chi connectivity index (χ1v) is 23.2. The maximum absolute atomic E-state index is 15.4. The fraction of sp³-hybridized carbons (Fsp3) is 0.805. The summed E-state index contributed by atoms with van der Waals surface area (Å²) in [5, 5.41) is 76.3. The van der Waals surface area contributed by atoms with Crippen LogP contribution in [-0.4, -0.2) is 115 Å². The molecule has 17 unspecified atom stereocenters. The number of ether oxygens (including phenoxy) is 2. The smallest absolute Gasteiger partial charge is 0.187 e. The zero-order valence-corrected chi connectivity index (χ0v) is 33.0. The van der Waals surface area contributed by atoms with Gasteiger partial charge in [-0.25, -0.2) is 0 Å². The van der Waals surface area contributed by atoms with Crippen molar-refractivity contribution in [3.05, 3.63) is 35.6 Å². The molecule has 10 rings (SSSR count). The lowest BCUT2D eigenvalue weighted by Gasteiger charge is -2.61. The third-order valence-corrected chi connectivity index (χ3v) is 18.1. The second kappa shape index (κ2) is 15.1. The van der Waals surface area contributed by atoms with Gasteiger partial charge in [-0.2, -0.15) is 0 Å². The van der Waals surface area contributed by atoms with Crippen molar-refractivity contribution < 1.29 is 49.7 Å². The molecular weight excluding hydrogens is 745 g/mol. The minimum atomic E-state index is -2.05. The van der Waals surface area contributed by atoms with Crippen molar-refractivity contribution in [1.29, 1.82) is 0 Å². The van der Waals surface area contributed by atoms with Gasteiger partial charge in [0.15, 0.2) is 12.1 Å². The minimum absolute atomic E-state index is 0.0534. The molecule has 7 fully saturated rings. The predicted molar refractivity (Wildman–Crippen MR) is 206 cm³/mol. The zero-order chi connectivity index (χ0) is 38.3. The summed E-state index contributed by atoms with van der Waals surface area (Å²) in [6.45, 7) is 0.317. The van der Waals surface area contributed by atoms with Crippen LogP contribution in [0.5, 0.6) is 0 Å². The van der Waals surface area contributed by atoms with E-state index in [2.05, 4.69) is 22.8 Å². The van der Waals surface area contributed by atoms with E-state index in [4.69, 9.17) is 9.47 Å². The lowest BCUT2D eigenvalue weighted by molar-refractivity contribution is -0.398. The Morgan fingerprint density at radius 2 is 1.80 bits per heavy atom. The van der Waals surface area contributed by atoms with Crippen LogP contribution in [0.3, 0.4) is 0 Å². The molecule has 304 valence electrons. The van der Waals surface area contributed by atoms with Gasteiger partial charge in [0.25, 0.3) is 0 Å². The Kier molecular flexibility index (Phi) is 10.7. The van der Waals surface area contributed by atoms with Crippen molar-refractivity contribution in [3.8, 4) is 0 Å². The monoisotopic (exact) mass is 802 g/mol. The van der Waals surface area contributed by atoms with Crippen LogP contribution < -0.4 is 10.6 Å². The Balaban J connectivity index is 1.10. The van der Waals surface area contributed by atoms with Crippen molar-refractivity contribution in [1.82, 2.24) is 10.6 Å². The summed E-state index contributed by atoms with van der Waals surface area (Å²) >= 11 is 0. The van der Waals surface area contributed by atoms with Gasteiger partial charge in [-0.3, -0.25) is 14.9 Å². The first kappa shape index (κ1) is 39.2. The molecule has 0 aromatic carbocycles. The SMILES string of the molecule is O=C1C2CCCC3OC4OC5(CO)CCC(CC6CCNC7NC(C=CC67)SSCC6(C(=O)C32)C(O)=CC(CC2CCCC(CO)C2)=CC16)C(O)(C4O)C5O. The van der Waals surface area contributed by atoms with Crippen LogP contribution in [0.1, 0.15) is 77.0 Å². The van der Waals surface area contributed by atoms with Gasteiger partial charge in [-0.1, -0.05) is 59.1 Å². The number of rotatable bonds is 4. The van der Waals surface area contributed by atoms with Crippen molar-refractivity contribution in [2.24, 2.45) is 52.8 Å². The third kappa shape index (κ3) is 6.29. The highest BCUT2D eigenvalue weighted by Crippen LogP contribution is 2.58. The van der Waals surface area contributed by atoms with Crippen LogP contribution in [0.4, 0.5) is 0 Å². The second-order valence-corrected chi connectivity index (χ2v) is 20.8. The van der Waals surface area contributed by atoms with E-state index in [0.29, 0.717) is 44.4 Å². The van der Waals surface area contributed by atoms with E-state index in [1.165, 1.54) is 10.8 Å². The van der Waals surface area contributed by atoms with Crippen molar-refractivity contribution >= 4 is 33.2 Å². The lowest BCUT2D eigenvalue weighted by Crippen LogP contribution is -2.78. The third-order valence-electron chi connectivity index (χ3n) is 15.5. The Labute approximate surface area is 330 Å². The molecule has 4 saturated carbocycles. The maximum Gasteiger partial charge on any atom is 0.187 e. The highest BCUT2D eigenvalue weighted by atomic mass is 33.1. The lowest BCUT2D eigenvalue weighted by atomic mass is 9.52. The fourth-order valence-electron chi connectivity index (χ4n) is 12.5. The normalized spacial score (nSPS) is 51.1. The summed E-state index contributed by atoms with van der Waals surface area (Å²) in [5.41, 5.74) is -4.29. The molecule has 0 amide bonds. The molecule has 55 heavy (non-hydrogen) atoms. The molecule has 10 aliphatic rings. The molecule has 5 aliphatic heterocycles. The van der Waals surface area contributed by atoms with Crippen LogP contribution in [0.25, 0.3) is 0 Å². The number of fused-ring (bicyclic) bond motifs is 3. The predicted octanol–water partition coefficient (Wildman–Crippen LogP) is 2.89. The average Bonchev–Trinajstić information content (AvgIpc) is 3.19. The molecule has 0 radical (unpaired) electrons. The standard InChI is InChI=1S/C41H58N2O10S2/c44-18-22-4-1-3-21(13-22)14-23-15-28-33(47)27-5-2-6-29-32(27)34(48)40(28,30(46)16-23)20-54-55-31-8-7-26-24(10-12-42-36(26)43-31)17-25-9-11-39(19-45)38(50)41(25,51)35(49)37(52-29)53-39/h7-8,15-16,21-22,24-29,31-32,35-38,42-46,49-51H,1-6,9-14,17-20H2. The largest absolute Gasteiger partial charge is 0.511 e. The topological polar surface area (TPSA) is 198 Å². The van der Waals surface area contributed by atoms with Gasteiger partial charge < -0.3 is 45.4 Å². The Bertz CT molecular complexity index is 1610. The Morgan fingerprint density at radius 3 is 2.62 bits per heavy atom. The summed E-state index contributed by atoms with van der Waals surface area (Å²) in [4.78, 5) is 30.2. The Morgan fingerprint density at radius 1 is 0.982 bits per heavy atom. The number of carbonyl (C=O) groups is 2. The number of aliphatic hydroxyl groups excluding tert-OH is 5. The molecular formula is C41H58N2O10S2. The number of ketones is 2. The highest BCUT2D eigenvalue weighted by molar-refractivity contribution is 8.77. The average molecular weight is 803 g/mol. The first-order chi connectivity index (χ1) is 26.5. The van der Waals surface area contributed by atoms with Gasteiger partial charge in [0.05, 0.1) is 36.1 Å². The van der Waals surface area contributed by atoms with Gasteiger partial charge in [-0.05, 0) is 99.7 Å². The Hall–Kier alpha value is -1.30. The molecule has 8 N–H and O–H groups in total. The van der Waals surface area contributed by atoms with E-state index >= 15 is 4.79 Å². The number of allylic oxidation sites excluding steroid dienone is 4.